The molecule has 106 valence electrons. The number of pyridine rings is 1. The van der Waals surface area contributed by atoms with E-state index in [4.69, 9.17) is 4.74 Å². The highest BCUT2D eigenvalue weighted by molar-refractivity contribution is 5.59. The lowest BCUT2D eigenvalue weighted by Crippen LogP contribution is -2.18. The van der Waals surface area contributed by atoms with E-state index in [2.05, 4.69) is 41.3 Å². The van der Waals surface area contributed by atoms with Gasteiger partial charge in [0.25, 0.3) is 0 Å². The molecule has 0 aliphatic heterocycles. The molecular formula is C16H21N3O. The Balaban J connectivity index is 2.21. The van der Waals surface area contributed by atoms with Crippen molar-refractivity contribution in [2.75, 3.05) is 30.9 Å². The van der Waals surface area contributed by atoms with Crippen LogP contribution in [0.3, 0.4) is 0 Å². The Bertz CT molecular complexity index is 557. The summed E-state index contributed by atoms with van der Waals surface area (Å²) in [6.45, 7) is 3.71. The number of ether oxygens (including phenoxy) is 1. The topological polar surface area (TPSA) is 37.4 Å². The molecule has 0 spiro atoms. The zero-order valence-corrected chi connectivity index (χ0v) is 12.3. The summed E-state index contributed by atoms with van der Waals surface area (Å²) < 4.78 is 5.41. The molecule has 0 aliphatic carbocycles. The van der Waals surface area contributed by atoms with Gasteiger partial charge in [0.2, 0.25) is 0 Å². The highest BCUT2D eigenvalue weighted by Gasteiger charge is 2.10. The van der Waals surface area contributed by atoms with Gasteiger partial charge in [-0.1, -0.05) is 18.2 Å². The first-order valence-electron chi connectivity index (χ1n) is 6.78. The van der Waals surface area contributed by atoms with Crippen molar-refractivity contribution in [2.45, 2.75) is 13.5 Å². The van der Waals surface area contributed by atoms with Gasteiger partial charge in [-0.2, -0.15) is 0 Å². The molecule has 0 bridgehead atoms. The zero-order chi connectivity index (χ0) is 14.4. The summed E-state index contributed by atoms with van der Waals surface area (Å²) in [5.74, 6) is 1.82. The van der Waals surface area contributed by atoms with E-state index in [-0.39, 0.29) is 0 Å². The number of hydrogen-bond donors (Lipinski definition) is 1. The van der Waals surface area contributed by atoms with E-state index >= 15 is 0 Å². The highest BCUT2D eigenvalue weighted by Crippen LogP contribution is 2.28. The summed E-state index contributed by atoms with van der Waals surface area (Å²) in [6.07, 6.45) is 1.81. The minimum Gasteiger partial charge on any atom is -0.495 e. The molecule has 2 aromatic rings. The summed E-state index contributed by atoms with van der Waals surface area (Å²) in [4.78, 5) is 6.55. The Kier molecular flexibility index (Phi) is 4.82. The van der Waals surface area contributed by atoms with E-state index in [9.17, 15) is 0 Å². The Labute approximate surface area is 120 Å². The van der Waals surface area contributed by atoms with Crippen molar-refractivity contribution >= 4 is 11.5 Å². The number of anilines is 2. The Hall–Kier alpha value is -2.23. The molecule has 1 aromatic carbocycles. The molecule has 20 heavy (non-hydrogen) atoms. The van der Waals surface area contributed by atoms with Crippen molar-refractivity contribution in [3.05, 3.63) is 48.2 Å². The number of rotatable bonds is 6. The van der Waals surface area contributed by atoms with Crippen molar-refractivity contribution in [1.82, 2.24) is 4.98 Å². The fraction of sp³-hybridized carbons (Fsp3) is 0.312. The van der Waals surface area contributed by atoms with Gasteiger partial charge in [-0.15, -0.1) is 0 Å². The maximum absolute atomic E-state index is 5.41. The van der Waals surface area contributed by atoms with Crippen LogP contribution in [0.25, 0.3) is 0 Å². The summed E-state index contributed by atoms with van der Waals surface area (Å²) in [7, 11) is 3.75. The predicted octanol–water partition coefficient (Wildman–Crippen LogP) is 3.16. The van der Waals surface area contributed by atoms with Gasteiger partial charge < -0.3 is 15.0 Å². The fourth-order valence-electron chi connectivity index (χ4n) is 2.18. The second-order valence-corrected chi connectivity index (χ2v) is 4.57. The van der Waals surface area contributed by atoms with E-state index in [1.54, 1.807) is 7.11 Å². The highest BCUT2D eigenvalue weighted by atomic mass is 16.5. The molecule has 0 saturated carbocycles. The number of hydrogen-bond acceptors (Lipinski definition) is 4. The number of benzene rings is 1. The van der Waals surface area contributed by atoms with E-state index < -0.39 is 0 Å². The van der Waals surface area contributed by atoms with Crippen LogP contribution in [-0.2, 0) is 6.54 Å². The van der Waals surface area contributed by atoms with Crippen LogP contribution < -0.4 is 15.0 Å². The first-order chi connectivity index (χ1) is 9.76. The molecule has 0 fully saturated rings. The largest absolute Gasteiger partial charge is 0.495 e. The SMILES string of the molecule is CCNc1ncccc1CN(C)c1ccccc1OC. The van der Waals surface area contributed by atoms with E-state index in [0.29, 0.717) is 0 Å². The van der Waals surface area contributed by atoms with Crippen LogP contribution in [0.1, 0.15) is 12.5 Å². The Morgan fingerprint density at radius 3 is 2.75 bits per heavy atom. The molecule has 0 aliphatic rings. The summed E-state index contributed by atoms with van der Waals surface area (Å²) in [5.41, 5.74) is 2.24. The maximum atomic E-state index is 5.41. The monoisotopic (exact) mass is 271 g/mol. The Morgan fingerprint density at radius 1 is 1.20 bits per heavy atom. The van der Waals surface area contributed by atoms with Crippen LogP contribution in [-0.4, -0.2) is 25.7 Å². The second-order valence-electron chi connectivity index (χ2n) is 4.57. The quantitative estimate of drug-likeness (QED) is 0.875. The first-order valence-corrected chi connectivity index (χ1v) is 6.78. The lowest BCUT2D eigenvalue weighted by molar-refractivity contribution is 0.415. The second kappa shape index (κ2) is 6.80. The molecule has 0 unspecified atom stereocenters. The molecule has 2 rings (SSSR count). The van der Waals surface area contributed by atoms with Gasteiger partial charge in [0.15, 0.2) is 0 Å². The molecular weight excluding hydrogens is 250 g/mol. The van der Waals surface area contributed by atoms with Crippen LogP contribution in [0.15, 0.2) is 42.6 Å². The normalized spacial score (nSPS) is 10.2. The molecule has 0 radical (unpaired) electrons. The van der Waals surface area contributed by atoms with E-state index in [1.165, 1.54) is 5.56 Å². The van der Waals surface area contributed by atoms with Crippen LogP contribution in [0, 0.1) is 0 Å². The molecule has 1 aromatic heterocycles. The third-order valence-corrected chi connectivity index (χ3v) is 3.14. The van der Waals surface area contributed by atoms with Gasteiger partial charge in [-0.25, -0.2) is 4.98 Å². The molecule has 0 amide bonds. The van der Waals surface area contributed by atoms with Crippen molar-refractivity contribution < 1.29 is 4.74 Å². The predicted molar refractivity (Wildman–Crippen MR) is 83.5 cm³/mol. The summed E-state index contributed by atoms with van der Waals surface area (Å²) in [6, 6.07) is 12.1. The average molecular weight is 271 g/mol. The average Bonchev–Trinajstić information content (AvgIpc) is 2.49. The van der Waals surface area contributed by atoms with E-state index in [1.807, 2.05) is 30.5 Å². The van der Waals surface area contributed by atoms with Gasteiger partial charge in [0.05, 0.1) is 12.8 Å². The standard InChI is InChI=1S/C16H21N3O/c1-4-17-16-13(8-7-11-18-16)12-19(2)14-9-5-6-10-15(14)20-3/h5-11H,4,12H2,1-3H3,(H,17,18). The minimum atomic E-state index is 0.774. The van der Waals surface area contributed by atoms with Crippen LogP contribution in [0.5, 0.6) is 5.75 Å². The van der Waals surface area contributed by atoms with E-state index in [0.717, 1.165) is 30.3 Å². The molecule has 0 saturated heterocycles. The van der Waals surface area contributed by atoms with Crippen molar-refractivity contribution in [3.63, 3.8) is 0 Å². The lowest BCUT2D eigenvalue weighted by atomic mass is 10.2. The zero-order valence-electron chi connectivity index (χ0n) is 12.3. The molecule has 4 nitrogen and oxygen atoms in total. The molecule has 4 heteroatoms. The first kappa shape index (κ1) is 14.2. The molecule has 1 heterocycles. The van der Waals surface area contributed by atoms with Gasteiger partial charge in [0.1, 0.15) is 11.6 Å². The van der Waals surface area contributed by atoms with Gasteiger partial charge in [-0.05, 0) is 25.1 Å². The summed E-state index contributed by atoms with van der Waals surface area (Å²) >= 11 is 0. The van der Waals surface area contributed by atoms with Crippen LogP contribution in [0.2, 0.25) is 0 Å². The van der Waals surface area contributed by atoms with Gasteiger partial charge >= 0.3 is 0 Å². The van der Waals surface area contributed by atoms with Gasteiger partial charge in [-0.3, -0.25) is 0 Å². The minimum absolute atomic E-state index is 0.774. The van der Waals surface area contributed by atoms with Gasteiger partial charge in [0, 0.05) is 31.9 Å². The molecule has 1 N–H and O–H groups in total. The number of para-hydroxylation sites is 2. The van der Waals surface area contributed by atoms with Crippen molar-refractivity contribution in [2.24, 2.45) is 0 Å². The summed E-state index contributed by atoms with van der Waals surface area (Å²) in [5, 5.41) is 3.29. The van der Waals surface area contributed by atoms with Crippen molar-refractivity contribution in [3.8, 4) is 5.75 Å². The number of methoxy groups -OCH3 is 1. The van der Waals surface area contributed by atoms with Crippen molar-refractivity contribution in [1.29, 1.82) is 0 Å². The Morgan fingerprint density at radius 2 is 2.00 bits per heavy atom. The smallest absolute Gasteiger partial charge is 0.142 e. The number of nitrogens with zero attached hydrogens (tertiary/aromatic N) is 2. The lowest BCUT2D eigenvalue weighted by Gasteiger charge is -2.22. The third kappa shape index (κ3) is 3.20. The van der Waals surface area contributed by atoms with Crippen LogP contribution >= 0.6 is 0 Å². The fourth-order valence-corrected chi connectivity index (χ4v) is 2.18. The number of aromatic nitrogens is 1. The van der Waals surface area contributed by atoms with Crippen LogP contribution in [0.4, 0.5) is 11.5 Å². The molecule has 0 atom stereocenters. The maximum Gasteiger partial charge on any atom is 0.142 e. The number of nitrogens with one attached hydrogen (secondary N) is 1. The third-order valence-electron chi connectivity index (χ3n) is 3.14.